The number of nitrogens with zero attached hydrogens (tertiary/aromatic N) is 4. The van der Waals surface area contributed by atoms with E-state index in [4.69, 9.17) is 9.26 Å². The highest BCUT2D eigenvalue weighted by molar-refractivity contribution is 5.94. The van der Waals surface area contributed by atoms with Gasteiger partial charge in [0.25, 0.3) is 5.91 Å². The summed E-state index contributed by atoms with van der Waals surface area (Å²) in [5.41, 5.74) is 3.29. The molecule has 0 atom stereocenters. The Morgan fingerprint density at radius 3 is 2.72 bits per heavy atom. The van der Waals surface area contributed by atoms with E-state index in [2.05, 4.69) is 32.3 Å². The minimum Gasteiger partial charge on any atom is -0.489 e. The molecule has 8 nitrogen and oxygen atoms in total. The minimum absolute atomic E-state index is 0.152. The topological polar surface area (TPSA) is 83.7 Å². The molecule has 1 amide bonds. The van der Waals surface area contributed by atoms with Crippen molar-refractivity contribution in [1.82, 2.24) is 20.4 Å². The normalized spacial score (nSPS) is 14.4. The predicted octanol–water partition coefficient (Wildman–Crippen LogP) is 2.95. The molecule has 0 saturated carbocycles. The Bertz CT molecular complexity index is 1050. The second-order valence-electron chi connectivity index (χ2n) is 8.08. The van der Waals surface area contributed by atoms with Crippen LogP contribution in [-0.2, 0) is 13.2 Å². The average molecular weight is 436 g/mol. The molecule has 2 aromatic heterocycles. The number of likely N-dealkylation sites (N-methyl/N-ethyl adjacent to an activating group) is 1. The second-order valence-corrected chi connectivity index (χ2v) is 8.08. The van der Waals surface area contributed by atoms with E-state index in [0.29, 0.717) is 24.5 Å². The fourth-order valence-electron chi connectivity index (χ4n) is 3.74. The molecule has 0 aliphatic carbocycles. The number of piperazine rings is 1. The largest absolute Gasteiger partial charge is 0.489 e. The highest BCUT2D eigenvalue weighted by atomic mass is 16.5. The molecule has 8 heteroatoms. The van der Waals surface area contributed by atoms with Crippen LogP contribution in [0.4, 0.5) is 5.82 Å². The molecule has 0 radical (unpaired) electrons. The van der Waals surface area contributed by atoms with Crippen LogP contribution in [0.3, 0.4) is 0 Å². The summed E-state index contributed by atoms with van der Waals surface area (Å²) in [4.78, 5) is 22.0. The first-order valence-electron chi connectivity index (χ1n) is 10.8. The molecule has 32 heavy (non-hydrogen) atoms. The van der Waals surface area contributed by atoms with E-state index in [9.17, 15) is 4.79 Å². The fraction of sp³-hybridized carbons (Fsp3) is 0.375. The van der Waals surface area contributed by atoms with Gasteiger partial charge in [0, 0.05) is 50.0 Å². The lowest BCUT2D eigenvalue weighted by atomic mass is 10.1. The molecular formula is C24H29N5O3. The number of anilines is 1. The summed E-state index contributed by atoms with van der Waals surface area (Å²) in [6.07, 6.45) is 1.80. The molecule has 168 valence electrons. The van der Waals surface area contributed by atoms with Gasteiger partial charge in [0.2, 0.25) is 0 Å². The number of hydrogen-bond acceptors (Lipinski definition) is 7. The first-order valence-corrected chi connectivity index (χ1v) is 10.8. The smallest absolute Gasteiger partial charge is 0.251 e. The molecule has 1 aliphatic rings. The first-order chi connectivity index (χ1) is 15.5. The Hall–Kier alpha value is -3.39. The second kappa shape index (κ2) is 9.82. The van der Waals surface area contributed by atoms with Gasteiger partial charge in [-0.2, -0.15) is 0 Å². The van der Waals surface area contributed by atoms with Gasteiger partial charge in [-0.15, -0.1) is 0 Å². The lowest BCUT2D eigenvalue weighted by molar-refractivity contribution is 0.0950. The molecule has 0 spiro atoms. The number of rotatable bonds is 7. The number of benzene rings is 1. The van der Waals surface area contributed by atoms with E-state index in [1.54, 1.807) is 18.3 Å². The maximum absolute atomic E-state index is 12.8. The molecule has 1 saturated heterocycles. The fourth-order valence-corrected chi connectivity index (χ4v) is 3.74. The van der Waals surface area contributed by atoms with Crippen molar-refractivity contribution in [3.63, 3.8) is 0 Å². The van der Waals surface area contributed by atoms with Crippen LogP contribution in [0, 0.1) is 13.8 Å². The third-order valence-electron chi connectivity index (χ3n) is 5.77. The summed E-state index contributed by atoms with van der Waals surface area (Å²) in [7, 11) is 2.13. The number of nitrogens with one attached hydrogen (secondary N) is 1. The number of aryl methyl sites for hydroxylation is 2. The van der Waals surface area contributed by atoms with Crippen LogP contribution in [0.5, 0.6) is 5.75 Å². The Kier molecular flexibility index (Phi) is 6.70. The van der Waals surface area contributed by atoms with Gasteiger partial charge in [-0.1, -0.05) is 17.3 Å². The minimum atomic E-state index is -0.152. The van der Waals surface area contributed by atoms with Crippen LogP contribution in [-0.4, -0.2) is 54.2 Å². The van der Waals surface area contributed by atoms with Crippen molar-refractivity contribution in [2.24, 2.45) is 0 Å². The molecule has 1 N–H and O–H groups in total. The van der Waals surface area contributed by atoms with Crippen molar-refractivity contribution in [2.45, 2.75) is 27.0 Å². The first kappa shape index (κ1) is 21.8. The molecule has 1 aliphatic heterocycles. The quantitative estimate of drug-likeness (QED) is 0.611. The van der Waals surface area contributed by atoms with Gasteiger partial charge in [-0.05, 0) is 45.2 Å². The molecule has 3 aromatic rings. The van der Waals surface area contributed by atoms with Gasteiger partial charge in [0.15, 0.2) is 0 Å². The van der Waals surface area contributed by atoms with Crippen LogP contribution in [0.25, 0.3) is 0 Å². The monoisotopic (exact) mass is 435 g/mol. The summed E-state index contributed by atoms with van der Waals surface area (Å²) in [5, 5.41) is 6.96. The molecule has 0 bridgehead atoms. The number of ether oxygens (including phenoxy) is 1. The average Bonchev–Trinajstić information content (AvgIpc) is 3.14. The van der Waals surface area contributed by atoms with E-state index >= 15 is 0 Å². The Balaban J connectivity index is 1.38. The molecule has 0 unspecified atom stereocenters. The van der Waals surface area contributed by atoms with Gasteiger partial charge in [-0.25, -0.2) is 4.98 Å². The lowest BCUT2D eigenvalue weighted by Crippen LogP contribution is -2.45. The van der Waals surface area contributed by atoms with Crippen molar-refractivity contribution in [3.05, 3.63) is 70.7 Å². The third kappa shape index (κ3) is 5.08. The Labute approximate surface area is 188 Å². The van der Waals surface area contributed by atoms with E-state index in [1.807, 2.05) is 38.1 Å². The number of hydrogen-bond donors (Lipinski definition) is 1. The SMILES string of the molecule is Cc1noc(C)c1COc1cccc(C(=O)NCc2cccnc2N2CCN(C)CC2)c1. The number of amides is 1. The van der Waals surface area contributed by atoms with Crippen LogP contribution < -0.4 is 15.0 Å². The zero-order valence-corrected chi connectivity index (χ0v) is 18.8. The Morgan fingerprint density at radius 1 is 1.16 bits per heavy atom. The van der Waals surface area contributed by atoms with Crippen molar-refractivity contribution in [2.75, 3.05) is 38.1 Å². The lowest BCUT2D eigenvalue weighted by Gasteiger charge is -2.34. The zero-order valence-electron chi connectivity index (χ0n) is 18.8. The van der Waals surface area contributed by atoms with Crippen LogP contribution in [0.1, 0.15) is 32.9 Å². The van der Waals surface area contributed by atoms with Gasteiger partial charge in [0.05, 0.1) is 11.3 Å². The molecule has 3 heterocycles. The van der Waals surface area contributed by atoms with E-state index < -0.39 is 0 Å². The van der Waals surface area contributed by atoms with Crippen LogP contribution >= 0.6 is 0 Å². The van der Waals surface area contributed by atoms with E-state index in [-0.39, 0.29) is 5.91 Å². The summed E-state index contributed by atoms with van der Waals surface area (Å²) < 4.78 is 11.0. The maximum atomic E-state index is 12.8. The summed E-state index contributed by atoms with van der Waals surface area (Å²) in [6.45, 7) is 8.37. The summed E-state index contributed by atoms with van der Waals surface area (Å²) in [5.74, 6) is 2.15. The van der Waals surface area contributed by atoms with Gasteiger partial charge in [-0.3, -0.25) is 4.79 Å². The highest BCUT2D eigenvalue weighted by Gasteiger charge is 2.18. The summed E-state index contributed by atoms with van der Waals surface area (Å²) in [6, 6.07) is 11.1. The third-order valence-corrected chi connectivity index (χ3v) is 5.77. The van der Waals surface area contributed by atoms with Crippen LogP contribution in [0.15, 0.2) is 47.1 Å². The Morgan fingerprint density at radius 2 is 1.97 bits per heavy atom. The van der Waals surface area contributed by atoms with Crippen LogP contribution in [0.2, 0.25) is 0 Å². The molecule has 4 rings (SSSR count). The van der Waals surface area contributed by atoms with Gasteiger partial charge >= 0.3 is 0 Å². The van der Waals surface area contributed by atoms with Crippen molar-refractivity contribution >= 4 is 11.7 Å². The van der Waals surface area contributed by atoms with Crippen molar-refractivity contribution < 1.29 is 14.1 Å². The maximum Gasteiger partial charge on any atom is 0.251 e. The highest BCUT2D eigenvalue weighted by Crippen LogP contribution is 2.20. The number of carbonyl (C=O) groups is 1. The van der Waals surface area contributed by atoms with E-state index in [1.165, 1.54) is 0 Å². The molecule has 1 fully saturated rings. The predicted molar refractivity (Wildman–Crippen MR) is 122 cm³/mol. The van der Waals surface area contributed by atoms with E-state index in [0.717, 1.165) is 54.6 Å². The summed E-state index contributed by atoms with van der Waals surface area (Å²) >= 11 is 0. The molecule has 1 aromatic carbocycles. The standard InChI is InChI=1S/C24H29N5O3/c1-17-22(18(2)32-27-17)16-31-21-8-4-6-19(14-21)24(30)26-15-20-7-5-9-25-23(20)29-12-10-28(3)11-13-29/h4-9,14H,10-13,15-16H2,1-3H3,(H,26,30). The van der Waals surface area contributed by atoms with Gasteiger partial charge in [0.1, 0.15) is 23.9 Å². The number of pyridine rings is 1. The van der Waals surface area contributed by atoms with Crippen molar-refractivity contribution in [3.8, 4) is 5.75 Å². The molecular weight excluding hydrogens is 406 g/mol. The van der Waals surface area contributed by atoms with Gasteiger partial charge < -0.3 is 24.4 Å². The van der Waals surface area contributed by atoms with Crippen molar-refractivity contribution in [1.29, 1.82) is 0 Å². The number of aromatic nitrogens is 2. The number of carbonyl (C=O) groups excluding carboxylic acids is 1. The zero-order chi connectivity index (χ0) is 22.5.